The first-order chi connectivity index (χ1) is 31.1. The maximum absolute atomic E-state index is 11.8. The molecule has 4 rings (SSSR count). The smallest absolute Gasteiger partial charge is 0.345 e. The zero-order valence-electron chi connectivity index (χ0n) is 40.7. The first-order valence-electron chi connectivity index (χ1n) is 22.7. The van der Waals surface area contributed by atoms with Gasteiger partial charge in [-0.25, -0.2) is 9.59 Å². The lowest BCUT2D eigenvalue weighted by Crippen LogP contribution is -2.28. The fourth-order valence-electron chi connectivity index (χ4n) is 7.87. The van der Waals surface area contributed by atoms with Crippen molar-refractivity contribution in [3.8, 4) is 23.0 Å². The van der Waals surface area contributed by atoms with Crippen molar-refractivity contribution in [2.24, 2.45) is 10.8 Å². The average molecular weight is 897 g/mol. The van der Waals surface area contributed by atoms with Crippen molar-refractivity contribution in [1.82, 2.24) is 0 Å². The summed E-state index contributed by atoms with van der Waals surface area (Å²) in [6, 6.07) is 7.65. The minimum Gasteiger partial charge on any atom is -0.504 e. The van der Waals surface area contributed by atoms with E-state index in [1.165, 1.54) is 114 Å². The van der Waals surface area contributed by atoms with Gasteiger partial charge < -0.3 is 30.3 Å². The summed E-state index contributed by atoms with van der Waals surface area (Å²) in [7, 11) is 0. The molecule has 5 N–H and O–H groups in total. The number of hydrogen-bond donors (Lipinski definition) is 5. The predicted molar refractivity (Wildman–Crippen MR) is 271 cm³/mol. The number of benzene rings is 2. The number of esters is 1. The van der Waals surface area contributed by atoms with Crippen LogP contribution >= 0.6 is 0 Å². The second kappa shape index (κ2) is 25.8. The number of aromatic hydroxyl groups is 4. The Hall–Kier alpha value is -6.54. The number of allylic oxidation sites excluding steroid dienone is 22. The molecule has 8 nitrogen and oxygen atoms in total. The van der Waals surface area contributed by atoms with Crippen LogP contribution in [0.25, 0.3) is 6.08 Å². The van der Waals surface area contributed by atoms with Crippen LogP contribution in [-0.2, 0) is 20.7 Å². The molecule has 0 heterocycles. The fourth-order valence-corrected chi connectivity index (χ4v) is 7.87. The molecule has 0 bridgehead atoms. The van der Waals surface area contributed by atoms with E-state index in [0.29, 0.717) is 22.0 Å². The first kappa shape index (κ1) is 53.8. The second-order valence-corrected chi connectivity index (χ2v) is 18.6. The molecule has 1 atom stereocenters. The predicted octanol–water partition coefficient (Wildman–Crippen LogP) is 14.4. The van der Waals surface area contributed by atoms with Gasteiger partial charge in [0.15, 0.2) is 23.0 Å². The van der Waals surface area contributed by atoms with Gasteiger partial charge in [0.1, 0.15) is 0 Å². The third-order valence-electron chi connectivity index (χ3n) is 11.8. The van der Waals surface area contributed by atoms with E-state index in [-0.39, 0.29) is 23.7 Å². The molecule has 0 aliphatic heterocycles. The molecule has 0 fully saturated rings. The molecule has 0 spiro atoms. The second-order valence-electron chi connectivity index (χ2n) is 18.6. The third-order valence-corrected chi connectivity index (χ3v) is 11.8. The van der Waals surface area contributed by atoms with Gasteiger partial charge in [-0.1, -0.05) is 158 Å². The highest BCUT2D eigenvalue weighted by Crippen LogP contribution is 2.42. The third kappa shape index (κ3) is 18.5. The van der Waals surface area contributed by atoms with Crippen LogP contribution in [0.15, 0.2) is 172 Å². The highest BCUT2D eigenvalue weighted by atomic mass is 16.6. The Labute approximate surface area is 393 Å². The Morgan fingerprint density at radius 3 is 1.47 bits per heavy atom. The van der Waals surface area contributed by atoms with Gasteiger partial charge in [0.2, 0.25) is 6.10 Å². The quantitative estimate of drug-likeness (QED) is 0.0485. The number of phenols is 4. The Kier molecular flexibility index (Phi) is 21.0. The van der Waals surface area contributed by atoms with Gasteiger partial charge in [0.05, 0.1) is 0 Å². The van der Waals surface area contributed by atoms with Crippen molar-refractivity contribution >= 4 is 18.0 Å². The van der Waals surface area contributed by atoms with Crippen LogP contribution in [0.1, 0.15) is 119 Å². The largest absolute Gasteiger partial charge is 0.504 e. The minimum absolute atomic E-state index is 0.206. The van der Waals surface area contributed by atoms with E-state index < -0.39 is 23.8 Å². The number of carboxylic acids is 1. The highest BCUT2D eigenvalue weighted by molar-refractivity contribution is 5.89. The number of ether oxygens (including phenoxy) is 1. The number of carbonyl (C=O) groups is 2. The van der Waals surface area contributed by atoms with Gasteiger partial charge in [-0.2, -0.15) is 0 Å². The zero-order valence-corrected chi connectivity index (χ0v) is 40.7. The lowest BCUT2D eigenvalue weighted by Gasteiger charge is -2.33. The molecule has 0 aromatic heterocycles. The van der Waals surface area contributed by atoms with E-state index in [1.807, 2.05) is 0 Å². The van der Waals surface area contributed by atoms with E-state index >= 15 is 0 Å². The molecule has 8 heteroatoms. The molecule has 2 aromatic rings. The standard InChI is InChI=1S/C40H56.C18H16O8/c1-31(19-13-21-33(3)25-27-37-35(5)23-15-29-39(37,7)8)17-11-12-18-32(2)20-14-22-34(4)26-28-38-36(6)24-16-30-40(38,9)10;19-12-4-1-10(7-14(12)21)3-6-17(23)26-16(18(24)25)9-11-2-5-13(20)15(22)8-11/h11-14,17-22,25-28H,15-16,23-24,29-30H2,1-10H3;1-8,16,19-22H,9H2,(H,24,25)/b12-11+,19-13+,20-14+,27-25+,28-26+,31-17+,32-18+,33-21+,34-22+;6-3+. The lowest BCUT2D eigenvalue weighted by molar-refractivity contribution is -0.160. The molecule has 352 valence electrons. The topological polar surface area (TPSA) is 145 Å². The van der Waals surface area contributed by atoms with Crippen molar-refractivity contribution in [2.75, 3.05) is 0 Å². The summed E-state index contributed by atoms with van der Waals surface area (Å²) in [4.78, 5) is 23.1. The van der Waals surface area contributed by atoms with Crippen molar-refractivity contribution in [2.45, 2.75) is 120 Å². The number of hydrogen-bond acceptors (Lipinski definition) is 7. The highest BCUT2D eigenvalue weighted by Gasteiger charge is 2.27. The Balaban J connectivity index is 0.000000383. The van der Waals surface area contributed by atoms with Crippen molar-refractivity contribution in [3.05, 3.63) is 183 Å². The van der Waals surface area contributed by atoms with Crippen LogP contribution in [0.2, 0.25) is 0 Å². The number of phenolic OH excluding ortho intramolecular Hbond substituents is 4. The summed E-state index contributed by atoms with van der Waals surface area (Å²) in [6.45, 7) is 22.7. The van der Waals surface area contributed by atoms with Gasteiger partial charge in [-0.3, -0.25) is 0 Å². The number of carbonyl (C=O) groups excluding carboxylic acids is 1. The lowest BCUT2D eigenvalue weighted by atomic mass is 9.72. The van der Waals surface area contributed by atoms with Crippen molar-refractivity contribution < 1.29 is 39.9 Å². The van der Waals surface area contributed by atoms with Gasteiger partial charge in [-0.05, 0) is 144 Å². The molecule has 0 saturated heterocycles. The van der Waals surface area contributed by atoms with Gasteiger partial charge >= 0.3 is 11.9 Å². The number of rotatable bonds is 16. The number of carboxylic acid groups (broad SMARTS) is 1. The van der Waals surface area contributed by atoms with E-state index in [2.05, 4.69) is 154 Å². The fraction of sp³-hybridized carbons (Fsp3) is 0.345. The summed E-state index contributed by atoms with van der Waals surface area (Å²) in [5.74, 6) is -3.74. The van der Waals surface area contributed by atoms with E-state index in [9.17, 15) is 35.1 Å². The molecule has 0 amide bonds. The summed E-state index contributed by atoms with van der Waals surface area (Å²) < 4.78 is 4.88. The van der Waals surface area contributed by atoms with Gasteiger partial charge in [0, 0.05) is 12.5 Å². The molecule has 0 saturated carbocycles. The van der Waals surface area contributed by atoms with E-state index in [4.69, 9.17) is 4.74 Å². The molecule has 2 aliphatic carbocycles. The summed E-state index contributed by atoms with van der Waals surface area (Å²) in [6.07, 6.45) is 39.0. The molecular formula is C58H72O8. The van der Waals surface area contributed by atoms with Crippen LogP contribution in [0.3, 0.4) is 0 Å². The molecule has 0 radical (unpaired) electrons. The van der Waals surface area contributed by atoms with Crippen molar-refractivity contribution in [3.63, 3.8) is 0 Å². The monoisotopic (exact) mass is 897 g/mol. The van der Waals surface area contributed by atoms with E-state index in [1.54, 1.807) is 11.1 Å². The van der Waals surface area contributed by atoms with Crippen LogP contribution < -0.4 is 0 Å². The van der Waals surface area contributed by atoms with Gasteiger partial charge in [-0.15, -0.1) is 0 Å². The average Bonchev–Trinajstić information content (AvgIpc) is 3.23. The molecule has 2 aliphatic rings. The Morgan fingerprint density at radius 1 is 0.591 bits per heavy atom. The van der Waals surface area contributed by atoms with Crippen LogP contribution in [-0.4, -0.2) is 43.6 Å². The Morgan fingerprint density at radius 2 is 1.03 bits per heavy atom. The van der Waals surface area contributed by atoms with Crippen LogP contribution in [0, 0.1) is 10.8 Å². The summed E-state index contributed by atoms with van der Waals surface area (Å²) in [5, 5.41) is 46.5. The summed E-state index contributed by atoms with van der Waals surface area (Å²) in [5.41, 5.74) is 12.5. The normalized spacial score (nSPS) is 18.0. The zero-order chi connectivity index (χ0) is 49.0. The van der Waals surface area contributed by atoms with E-state index in [0.717, 1.165) is 6.08 Å². The summed E-state index contributed by atoms with van der Waals surface area (Å²) >= 11 is 0. The maximum atomic E-state index is 11.8. The Bertz CT molecular complexity index is 2320. The minimum atomic E-state index is -1.50. The maximum Gasteiger partial charge on any atom is 0.345 e. The SMILES string of the molecule is CC1=C(/C=C/C(C)=C/C=C/C(C)=C/C=C/C=C(C)/C=C/C=C(C)/C=C/C2=C(C)CCCC2(C)C)C(C)(C)CCC1.O=C(/C=C/c1ccc(O)c(O)c1)OC(Cc1ccc(O)c(O)c1)C(=O)O. The van der Waals surface area contributed by atoms with Crippen LogP contribution in [0.4, 0.5) is 0 Å². The van der Waals surface area contributed by atoms with Crippen molar-refractivity contribution in [1.29, 1.82) is 0 Å². The first-order valence-corrected chi connectivity index (χ1v) is 22.7. The molecular weight excluding hydrogens is 825 g/mol. The molecule has 1 unspecified atom stereocenters. The van der Waals surface area contributed by atoms with Gasteiger partial charge in [0.25, 0.3) is 0 Å². The van der Waals surface area contributed by atoms with Crippen LogP contribution in [0.5, 0.6) is 23.0 Å². The molecule has 66 heavy (non-hydrogen) atoms. The molecule has 2 aromatic carbocycles. The number of aliphatic carboxylic acids is 1.